The molecular weight excluding hydrogens is 234 g/mol. The van der Waals surface area contributed by atoms with Crippen molar-refractivity contribution in [1.82, 2.24) is 5.32 Å². The second-order valence-electron chi connectivity index (χ2n) is 3.68. The molecule has 17 heavy (non-hydrogen) atoms. The lowest BCUT2D eigenvalue weighted by Crippen LogP contribution is -2.24. The van der Waals surface area contributed by atoms with E-state index in [9.17, 15) is 4.79 Å². The SMILES string of the molecule is CCCCNC(=O)c1ccc(OC)cc1SC. The minimum atomic E-state index is -0.00884. The maximum atomic E-state index is 11.9. The van der Waals surface area contributed by atoms with Gasteiger partial charge in [-0.15, -0.1) is 11.8 Å². The molecule has 1 rings (SSSR count). The van der Waals surface area contributed by atoms with E-state index < -0.39 is 0 Å². The van der Waals surface area contributed by atoms with Crippen LogP contribution in [0.2, 0.25) is 0 Å². The number of amides is 1. The van der Waals surface area contributed by atoms with Crippen molar-refractivity contribution in [2.24, 2.45) is 0 Å². The average molecular weight is 253 g/mol. The minimum absolute atomic E-state index is 0.00884. The highest BCUT2D eigenvalue weighted by Crippen LogP contribution is 2.25. The highest BCUT2D eigenvalue weighted by atomic mass is 32.2. The molecule has 3 nitrogen and oxygen atoms in total. The van der Waals surface area contributed by atoms with Gasteiger partial charge in [0.1, 0.15) is 5.75 Å². The van der Waals surface area contributed by atoms with E-state index in [0.717, 1.165) is 35.6 Å². The third-order valence-electron chi connectivity index (χ3n) is 2.47. The van der Waals surface area contributed by atoms with Gasteiger partial charge in [-0.2, -0.15) is 0 Å². The third-order valence-corrected chi connectivity index (χ3v) is 3.25. The third kappa shape index (κ3) is 3.97. The molecule has 0 aromatic heterocycles. The van der Waals surface area contributed by atoms with Crippen LogP contribution in [-0.4, -0.2) is 25.8 Å². The summed E-state index contributed by atoms with van der Waals surface area (Å²) in [6.45, 7) is 2.84. The van der Waals surface area contributed by atoms with Crippen LogP contribution < -0.4 is 10.1 Å². The molecule has 94 valence electrons. The van der Waals surface area contributed by atoms with Crippen molar-refractivity contribution in [2.45, 2.75) is 24.7 Å². The Labute approximate surface area is 107 Å². The van der Waals surface area contributed by atoms with Crippen LogP contribution in [0.15, 0.2) is 23.1 Å². The molecule has 1 N–H and O–H groups in total. The standard InChI is InChI=1S/C13H19NO2S/c1-4-5-8-14-13(15)11-7-6-10(16-2)9-12(11)17-3/h6-7,9H,4-5,8H2,1-3H3,(H,14,15). The first-order valence-corrected chi connectivity index (χ1v) is 6.95. The molecule has 0 fully saturated rings. The Kier molecular flexibility index (Phi) is 5.91. The van der Waals surface area contributed by atoms with Crippen LogP contribution >= 0.6 is 11.8 Å². The van der Waals surface area contributed by atoms with Gasteiger partial charge in [0.15, 0.2) is 0 Å². The number of unbranched alkanes of at least 4 members (excludes halogenated alkanes) is 1. The van der Waals surface area contributed by atoms with Gasteiger partial charge in [0.2, 0.25) is 0 Å². The summed E-state index contributed by atoms with van der Waals surface area (Å²) in [6, 6.07) is 5.51. The van der Waals surface area contributed by atoms with Gasteiger partial charge in [0, 0.05) is 11.4 Å². The maximum absolute atomic E-state index is 11.9. The van der Waals surface area contributed by atoms with Crippen molar-refractivity contribution in [3.8, 4) is 5.75 Å². The predicted molar refractivity (Wildman–Crippen MR) is 72.0 cm³/mol. The van der Waals surface area contributed by atoms with Crippen LogP contribution in [0, 0.1) is 0 Å². The summed E-state index contributed by atoms with van der Waals surface area (Å²) in [4.78, 5) is 12.9. The normalized spacial score (nSPS) is 10.1. The number of methoxy groups -OCH3 is 1. The van der Waals surface area contributed by atoms with Crippen molar-refractivity contribution < 1.29 is 9.53 Å². The average Bonchev–Trinajstić information content (AvgIpc) is 2.38. The van der Waals surface area contributed by atoms with Gasteiger partial charge >= 0.3 is 0 Å². The van der Waals surface area contributed by atoms with Crippen molar-refractivity contribution in [2.75, 3.05) is 19.9 Å². The number of thioether (sulfide) groups is 1. The molecule has 1 aromatic rings. The Balaban J connectivity index is 2.78. The molecule has 0 spiro atoms. The molecule has 0 saturated carbocycles. The van der Waals surface area contributed by atoms with Crippen LogP contribution in [0.5, 0.6) is 5.75 Å². The molecule has 0 aliphatic carbocycles. The van der Waals surface area contributed by atoms with Crippen molar-refractivity contribution in [3.05, 3.63) is 23.8 Å². The van der Waals surface area contributed by atoms with E-state index in [1.807, 2.05) is 24.5 Å². The van der Waals surface area contributed by atoms with Crippen LogP contribution in [-0.2, 0) is 0 Å². The van der Waals surface area contributed by atoms with Gasteiger partial charge in [-0.25, -0.2) is 0 Å². The van der Waals surface area contributed by atoms with Crippen molar-refractivity contribution in [1.29, 1.82) is 0 Å². The Hall–Kier alpha value is -1.16. The molecule has 0 unspecified atom stereocenters. The summed E-state index contributed by atoms with van der Waals surface area (Å²) in [7, 11) is 1.63. The van der Waals surface area contributed by atoms with Crippen molar-refractivity contribution in [3.63, 3.8) is 0 Å². The summed E-state index contributed by atoms with van der Waals surface area (Å²) in [6.07, 6.45) is 4.05. The minimum Gasteiger partial charge on any atom is -0.497 e. The number of hydrogen-bond donors (Lipinski definition) is 1. The lowest BCUT2D eigenvalue weighted by Gasteiger charge is -2.09. The number of carbonyl (C=O) groups is 1. The fourth-order valence-corrected chi connectivity index (χ4v) is 2.07. The Morgan fingerprint density at radius 2 is 2.24 bits per heavy atom. The Morgan fingerprint density at radius 1 is 1.47 bits per heavy atom. The van der Waals surface area contributed by atoms with E-state index in [1.165, 1.54) is 0 Å². The molecule has 0 aliphatic heterocycles. The van der Waals surface area contributed by atoms with Crippen LogP contribution in [0.25, 0.3) is 0 Å². The van der Waals surface area contributed by atoms with E-state index in [0.29, 0.717) is 0 Å². The van der Waals surface area contributed by atoms with Gasteiger partial charge in [-0.1, -0.05) is 13.3 Å². The Bertz CT molecular complexity index is 380. The summed E-state index contributed by atoms with van der Waals surface area (Å²) < 4.78 is 5.14. The fraction of sp³-hybridized carbons (Fsp3) is 0.462. The van der Waals surface area contributed by atoms with Gasteiger partial charge in [-0.3, -0.25) is 4.79 Å². The molecule has 4 heteroatoms. The molecule has 0 heterocycles. The number of rotatable bonds is 6. The zero-order valence-corrected chi connectivity index (χ0v) is 11.4. The quantitative estimate of drug-likeness (QED) is 0.625. The molecular formula is C13H19NO2S. The topological polar surface area (TPSA) is 38.3 Å². The summed E-state index contributed by atoms with van der Waals surface area (Å²) >= 11 is 1.55. The number of carbonyl (C=O) groups excluding carboxylic acids is 1. The molecule has 0 atom stereocenters. The lowest BCUT2D eigenvalue weighted by molar-refractivity contribution is 0.0950. The summed E-state index contributed by atoms with van der Waals surface area (Å²) in [5.74, 6) is 0.768. The van der Waals surface area contributed by atoms with Gasteiger partial charge in [0.05, 0.1) is 12.7 Å². The fourth-order valence-electron chi connectivity index (χ4n) is 1.46. The molecule has 0 aliphatic rings. The first-order chi connectivity index (χ1) is 8.22. The van der Waals surface area contributed by atoms with Gasteiger partial charge in [0.25, 0.3) is 5.91 Å². The number of ether oxygens (including phenoxy) is 1. The molecule has 0 bridgehead atoms. The molecule has 1 amide bonds. The first-order valence-electron chi connectivity index (χ1n) is 5.73. The molecule has 1 aromatic carbocycles. The second-order valence-corrected chi connectivity index (χ2v) is 4.52. The highest BCUT2D eigenvalue weighted by Gasteiger charge is 2.11. The zero-order valence-electron chi connectivity index (χ0n) is 10.6. The predicted octanol–water partition coefficient (Wildman–Crippen LogP) is 2.95. The lowest BCUT2D eigenvalue weighted by atomic mass is 10.2. The monoisotopic (exact) mass is 253 g/mol. The molecule has 0 saturated heterocycles. The molecule has 0 radical (unpaired) electrons. The van der Waals surface area contributed by atoms with E-state index in [4.69, 9.17) is 4.74 Å². The summed E-state index contributed by atoms with van der Waals surface area (Å²) in [5.41, 5.74) is 0.717. The number of hydrogen-bond acceptors (Lipinski definition) is 3. The van der Waals surface area contributed by atoms with E-state index in [2.05, 4.69) is 12.2 Å². The second kappa shape index (κ2) is 7.22. The van der Waals surface area contributed by atoms with Crippen molar-refractivity contribution >= 4 is 17.7 Å². The van der Waals surface area contributed by atoms with Gasteiger partial charge < -0.3 is 10.1 Å². The van der Waals surface area contributed by atoms with Crippen LogP contribution in [0.4, 0.5) is 0 Å². The number of nitrogens with one attached hydrogen (secondary N) is 1. The van der Waals surface area contributed by atoms with Crippen LogP contribution in [0.3, 0.4) is 0 Å². The first kappa shape index (κ1) is 13.9. The van der Waals surface area contributed by atoms with E-state index in [1.54, 1.807) is 18.9 Å². The maximum Gasteiger partial charge on any atom is 0.252 e. The van der Waals surface area contributed by atoms with Gasteiger partial charge in [-0.05, 0) is 30.9 Å². The summed E-state index contributed by atoms with van der Waals surface area (Å²) in [5, 5.41) is 2.92. The Morgan fingerprint density at radius 3 is 2.82 bits per heavy atom. The smallest absolute Gasteiger partial charge is 0.252 e. The van der Waals surface area contributed by atoms with E-state index in [-0.39, 0.29) is 5.91 Å². The largest absolute Gasteiger partial charge is 0.497 e. The zero-order chi connectivity index (χ0) is 12.7. The van der Waals surface area contributed by atoms with E-state index >= 15 is 0 Å². The number of benzene rings is 1. The van der Waals surface area contributed by atoms with Crippen LogP contribution in [0.1, 0.15) is 30.1 Å². The highest BCUT2D eigenvalue weighted by molar-refractivity contribution is 7.98.